The van der Waals surface area contributed by atoms with Crippen LogP contribution in [0.3, 0.4) is 0 Å². The predicted molar refractivity (Wildman–Crippen MR) is 104 cm³/mol. The van der Waals surface area contributed by atoms with Crippen molar-refractivity contribution in [2.45, 2.75) is 26.3 Å². The smallest absolute Gasteiger partial charge is 0.407 e. The van der Waals surface area contributed by atoms with E-state index in [0.717, 1.165) is 18.9 Å². The first-order valence-electron chi connectivity index (χ1n) is 9.30. The molecule has 0 saturated carbocycles. The average molecular weight is 395 g/mol. The number of hydrogen-bond donors (Lipinski definition) is 1. The minimum absolute atomic E-state index is 0.0489. The van der Waals surface area contributed by atoms with Crippen molar-refractivity contribution < 1.29 is 18.7 Å². The van der Waals surface area contributed by atoms with Gasteiger partial charge in [0, 0.05) is 6.54 Å². The molecule has 1 aliphatic heterocycles. The minimum atomic E-state index is -0.554. The van der Waals surface area contributed by atoms with Crippen LogP contribution in [0.25, 0.3) is 16.6 Å². The monoisotopic (exact) mass is 395 g/mol. The highest BCUT2D eigenvalue weighted by atomic mass is 19.1. The summed E-state index contributed by atoms with van der Waals surface area (Å²) in [7, 11) is 0. The third-order valence-corrected chi connectivity index (χ3v) is 4.75. The van der Waals surface area contributed by atoms with Gasteiger partial charge < -0.3 is 10.1 Å². The molecule has 1 aliphatic rings. The quantitative estimate of drug-likeness (QED) is 0.525. The summed E-state index contributed by atoms with van der Waals surface area (Å²) in [6.45, 7) is 2.55. The zero-order valence-electron chi connectivity index (χ0n) is 15.7. The van der Waals surface area contributed by atoms with Gasteiger partial charge in [-0.3, -0.25) is 14.2 Å². The number of ketones is 1. The van der Waals surface area contributed by atoms with Gasteiger partial charge in [0.25, 0.3) is 5.56 Å². The zero-order chi connectivity index (χ0) is 20.5. The van der Waals surface area contributed by atoms with Crippen LogP contribution < -0.4 is 10.9 Å². The molecule has 1 N–H and O–H groups in total. The maximum Gasteiger partial charge on any atom is 0.407 e. The molecule has 0 atom stereocenters. The highest BCUT2D eigenvalue weighted by Crippen LogP contribution is 2.27. The Kier molecular flexibility index (Phi) is 4.84. The van der Waals surface area contributed by atoms with E-state index in [1.807, 2.05) is 6.92 Å². The Labute approximate surface area is 165 Å². The first kappa shape index (κ1) is 18.8. The Morgan fingerprint density at radius 2 is 2.03 bits per heavy atom. The Morgan fingerprint density at radius 3 is 2.83 bits per heavy atom. The lowest BCUT2D eigenvalue weighted by Crippen LogP contribution is -2.24. The third kappa shape index (κ3) is 3.37. The van der Waals surface area contributed by atoms with Crippen LogP contribution in [0.2, 0.25) is 0 Å². The van der Waals surface area contributed by atoms with E-state index in [1.165, 1.54) is 16.7 Å². The van der Waals surface area contributed by atoms with Crippen LogP contribution in [0.5, 0.6) is 0 Å². The Balaban J connectivity index is 1.64. The molecule has 1 aromatic heterocycles. The first-order valence-corrected chi connectivity index (χ1v) is 9.30. The SMILES string of the molecule is CCCCOC(=O)NCc1ccc2c(=O)n3c(nc2c1)C(=O)c1cc(F)ccc1-3. The van der Waals surface area contributed by atoms with Crippen molar-refractivity contribution in [3.05, 3.63) is 69.5 Å². The molecular weight excluding hydrogens is 377 g/mol. The number of carbonyl (C=O) groups is 2. The first-order chi connectivity index (χ1) is 14.0. The summed E-state index contributed by atoms with van der Waals surface area (Å²) >= 11 is 0. The number of carbonyl (C=O) groups excluding carboxylic acids is 2. The summed E-state index contributed by atoms with van der Waals surface area (Å²) in [5.74, 6) is -1.10. The lowest BCUT2D eigenvalue weighted by Gasteiger charge is -2.09. The number of ether oxygens (including phenoxy) is 1. The van der Waals surface area contributed by atoms with Crippen LogP contribution in [0.1, 0.15) is 41.5 Å². The normalized spacial score (nSPS) is 12.0. The van der Waals surface area contributed by atoms with Crippen molar-refractivity contribution in [3.8, 4) is 5.69 Å². The molecule has 3 aromatic rings. The summed E-state index contributed by atoms with van der Waals surface area (Å²) in [5.41, 5.74) is 1.08. The molecular formula is C21H18FN3O4. The number of amides is 1. The fourth-order valence-electron chi connectivity index (χ4n) is 3.26. The van der Waals surface area contributed by atoms with Gasteiger partial charge >= 0.3 is 6.09 Å². The van der Waals surface area contributed by atoms with Crippen molar-refractivity contribution >= 4 is 22.8 Å². The van der Waals surface area contributed by atoms with E-state index in [4.69, 9.17) is 4.74 Å². The van der Waals surface area contributed by atoms with Gasteiger partial charge in [-0.1, -0.05) is 19.4 Å². The molecule has 0 spiro atoms. The second-order valence-corrected chi connectivity index (χ2v) is 6.76. The molecule has 0 unspecified atom stereocenters. The van der Waals surface area contributed by atoms with Crippen LogP contribution >= 0.6 is 0 Å². The molecule has 148 valence electrons. The van der Waals surface area contributed by atoms with Gasteiger partial charge in [-0.2, -0.15) is 0 Å². The number of benzene rings is 2. The van der Waals surface area contributed by atoms with E-state index in [1.54, 1.807) is 18.2 Å². The van der Waals surface area contributed by atoms with Crippen molar-refractivity contribution in [3.63, 3.8) is 0 Å². The van der Waals surface area contributed by atoms with E-state index in [9.17, 15) is 18.8 Å². The van der Waals surface area contributed by atoms with Gasteiger partial charge in [0.15, 0.2) is 5.82 Å². The maximum atomic E-state index is 13.5. The topological polar surface area (TPSA) is 90.3 Å². The number of alkyl carbamates (subject to hydrolysis) is 1. The summed E-state index contributed by atoms with van der Waals surface area (Å²) in [4.78, 5) is 41.5. The number of nitrogens with one attached hydrogen (secondary N) is 1. The highest BCUT2D eigenvalue weighted by Gasteiger charge is 2.30. The fraction of sp³-hybridized carbons (Fsp3) is 0.238. The summed E-state index contributed by atoms with van der Waals surface area (Å²) in [6, 6.07) is 8.65. The van der Waals surface area contributed by atoms with E-state index in [2.05, 4.69) is 10.3 Å². The van der Waals surface area contributed by atoms with E-state index >= 15 is 0 Å². The lowest BCUT2D eigenvalue weighted by molar-refractivity contribution is 0.103. The van der Waals surface area contributed by atoms with E-state index in [0.29, 0.717) is 28.8 Å². The number of aromatic nitrogens is 2. The largest absolute Gasteiger partial charge is 0.450 e. The Hall–Kier alpha value is -3.55. The Morgan fingerprint density at radius 1 is 1.21 bits per heavy atom. The molecule has 8 heteroatoms. The minimum Gasteiger partial charge on any atom is -0.450 e. The average Bonchev–Trinajstić information content (AvgIpc) is 2.98. The second kappa shape index (κ2) is 7.46. The number of unbranched alkanes of at least 4 members (excludes halogenated alkanes) is 1. The number of halogens is 1. The van der Waals surface area contributed by atoms with Crippen LogP contribution in [0, 0.1) is 5.82 Å². The van der Waals surface area contributed by atoms with Crippen molar-refractivity contribution in [2.75, 3.05) is 6.61 Å². The van der Waals surface area contributed by atoms with Crippen LogP contribution in [0.15, 0.2) is 41.2 Å². The molecule has 4 rings (SSSR count). The van der Waals surface area contributed by atoms with Crippen LogP contribution in [0.4, 0.5) is 9.18 Å². The second-order valence-electron chi connectivity index (χ2n) is 6.76. The van der Waals surface area contributed by atoms with Crippen molar-refractivity contribution in [1.29, 1.82) is 0 Å². The van der Waals surface area contributed by atoms with Crippen LogP contribution in [-0.2, 0) is 11.3 Å². The molecule has 2 aromatic carbocycles. The van der Waals surface area contributed by atoms with E-state index in [-0.39, 0.29) is 17.9 Å². The van der Waals surface area contributed by atoms with Gasteiger partial charge in [0.1, 0.15) is 5.82 Å². The van der Waals surface area contributed by atoms with Gasteiger partial charge in [-0.05, 0) is 42.3 Å². The molecule has 0 aliphatic carbocycles. The number of rotatable bonds is 5. The van der Waals surface area contributed by atoms with Gasteiger partial charge in [0.2, 0.25) is 5.78 Å². The summed E-state index contributed by atoms with van der Waals surface area (Å²) in [5, 5.41) is 2.96. The Bertz CT molecular complexity index is 1200. The van der Waals surface area contributed by atoms with Gasteiger partial charge in [-0.25, -0.2) is 14.2 Å². The number of nitrogens with zero attached hydrogens (tertiary/aromatic N) is 2. The van der Waals surface area contributed by atoms with Crippen molar-refractivity contribution in [2.24, 2.45) is 0 Å². The maximum absolute atomic E-state index is 13.5. The predicted octanol–water partition coefficient (Wildman–Crippen LogP) is 3.10. The van der Waals surface area contributed by atoms with Gasteiger partial charge in [0.05, 0.1) is 28.8 Å². The summed E-state index contributed by atoms with van der Waals surface area (Å²) < 4.78 is 19.8. The number of hydrogen-bond acceptors (Lipinski definition) is 5. The van der Waals surface area contributed by atoms with Crippen LogP contribution in [-0.4, -0.2) is 28.0 Å². The fourth-order valence-corrected chi connectivity index (χ4v) is 3.26. The molecule has 0 saturated heterocycles. The standard InChI is InChI=1S/C21H18FN3O4/c1-2-3-8-29-21(28)23-11-12-4-6-14-16(9-12)24-19-18(26)15-10-13(22)5-7-17(15)25(19)20(14)27/h4-7,9-10H,2-3,8,11H2,1H3,(H,23,28). The molecule has 0 bridgehead atoms. The molecule has 29 heavy (non-hydrogen) atoms. The zero-order valence-corrected chi connectivity index (χ0v) is 15.7. The molecule has 7 nitrogen and oxygen atoms in total. The molecule has 0 radical (unpaired) electrons. The van der Waals surface area contributed by atoms with E-state index < -0.39 is 23.3 Å². The lowest BCUT2D eigenvalue weighted by atomic mass is 10.1. The number of fused-ring (bicyclic) bond motifs is 4. The third-order valence-electron chi connectivity index (χ3n) is 4.75. The molecule has 1 amide bonds. The molecule has 2 heterocycles. The molecule has 0 fully saturated rings. The van der Waals surface area contributed by atoms with Crippen molar-refractivity contribution in [1.82, 2.24) is 14.9 Å². The highest BCUT2D eigenvalue weighted by molar-refractivity contribution is 6.13. The van der Waals surface area contributed by atoms with Gasteiger partial charge in [-0.15, -0.1) is 0 Å². The summed E-state index contributed by atoms with van der Waals surface area (Å²) in [6.07, 6.45) is 1.20.